The van der Waals surface area contributed by atoms with Gasteiger partial charge in [-0.1, -0.05) is 36.4 Å². The van der Waals surface area contributed by atoms with Crippen LogP contribution >= 0.6 is 11.8 Å². The third-order valence-corrected chi connectivity index (χ3v) is 5.22. The van der Waals surface area contributed by atoms with Crippen molar-refractivity contribution < 1.29 is 9.53 Å². The highest BCUT2D eigenvalue weighted by molar-refractivity contribution is 8.01. The molecule has 2 aromatic carbocycles. The molecule has 0 aliphatic carbocycles. The molecule has 0 saturated carbocycles. The summed E-state index contributed by atoms with van der Waals surface area (Å²) in [6, 6.07) is 15.9. The van der Waals surface area contributed by atoms with Crippen molar-refractivity contribution in [3.63, 3.8) is 0 Å². The van der Waals surface area contributed by atoms with Crippen LogP contribution in [-0.4, -0.2) is 18.3 Å². The summed E-state index contributed by atoms with van der Waals surface area (Å²) in [4.78, 5) is 13.7. The summed E-state index contributed by atoms with van der Waals surface area (Å²) in [5.41, 5.74) is 2.26. The van der Waals surface area contributed by atoms with E-state index in [1.165, 1.54) is 10.5 Å². The number of benzene rings is 2. The van der Waals surface area contributed by atoms with Gasteiger partial charge in [-0.15, -0.1) is 11.8 Å². The van der Waals surface area contributed by atoms with Gasteiger partial charge in [-0.05, 0) is 31.0 Å². The van der Waals surface area contributed by atoms with Crippen LogP contribution in [0, 0.1) is 0 Å². The summed E-state index contributed by atoms with van der Waals surface area (Å²) in [5.74, 6) is 0.886. The van der Waals surface area contributed by atoms with Gasteiger partial charge in [0.25, 0.3) is 0 Å². The minimum absolute atomic E-state index is 0.0467. The highest BCUT2D eigenvalue weighted by Crippen LogP contribution is 2.37. The molecule has 0 aromatic heterocycles. The molecule has 0 radical (unpaired) electrons. The van der Waals surface area contributed by atoms with Gasteiger partial charge < -0.3 is 10.1 Å². The van der Waals surface area contributed by atoms with Crippen LogP contribution in [0.1, 0.15) is 24.1 Å². The third kappa shape index (κ3) is 2.97. The van der Waals surface area contributed by atoms with E-state index in [0.717, 1.165) is 17.7 Å². The number of thioether (sulfide) groups is 1. The van der Waals surface area contributed by atoms with Gasteiger partial charge in [0.15, 0.2) is 0 Å². The van der Waals surface area contributed by atoms with Gasteiger partial charge in [0, 0.05) is 10.5 Å². The van der Waals surface area contributed by atoms with Crippen molar-refractivity contribution in [3.05, 3.63) is 59.7 Å². The second-order valence-electron chi connectivity index (χ2n) is 5.39. The lowest BCUT2D eigenvalue weighted by atomic mass is 10.1. The Morgan fingerprint density at radius 3 is 2.73 bits per heavy atom. The Bertz CT molecular complexity index is 661. The number of fused-ring (bicyclic) bond motifs is 1. The summed E-state index contributed by atoms with van der Waals surface area (Å²) in [6.45, 7) is 1.99. The van der Waals surface area contributed by atoms with E-state index >= 15 is 0 Å². The number of carbonyl (C=O) groups excluding carboxylic acids is 1. The van der Waals surface area contributed by atoms with Crippen LogP contribution in [-0.2, 0) is 11.2 Å². The molecular weight excluding hydrogens is 294 g/mol. The molecule has 1 aliphatic heterocycles. The Hall–Kier alpha value is -1.94. The lowest BCUT2D eigenvalue weighted by Gasteiger charge is -2.19. The van der Waals surface area contributed by atoms with Crippen molar-refractivity contribution in [2.75, 3.05) is 7.11 Å². The normalized spacial score (nSPS) is 17.6. The smallest absolute Gasteiger partial charge is 0.234 e. The summed E-state index contributed by atoms with van der Waals surface area (Å²) in [6.07, 6.45) is 0.797. The average Bonchev–Trinajstić information content (AvgIpc) is 2.99. The lowest BCUT2D eigenvalue weighted by Crippen LogP contribution is -2.34. The molecule has 1 heterocycles. The molecule has 1 N–H and O–H groups in total. The quantitative estimate of drug-likeness (QED) is 0.937. The number of para-hydroxylation sites is 1. The first-order valence-electron chi connectivity index (χ1n) is 7.37. The zero-order chi connectivity index (χ0) is 15.5. The van der Waals surface area contributed by atoms with Crippen LogP contribution in [0.4, 0.5) is 0 Å². The fraction of sp³-hybridized carbons (Fsp3) is 0.278. The topological polar surface area (TPSA) is 38.3 Å². The zero-order valence-electron chi connectivity index (χ0n) is 12.7. The van der Waals surface area contributed by atoms with Crippen LogP contribution in [0.2, 0.25) is 0 Å². The molecule has 2 atom stereocenters. The van der Waals surface area contributed by atoms with Gasteiger partial charge in [0.1, 0.15) is 5.75 Å². The molecule has 0 saturated heterocycles. The van der Waals surface area contributed by atoms with Gasteiger partial charge in [0.05, 0.1) is 18.4 Å². The molecule has 0 bridgehead atoms. The Morgan fingerprint density at radius 2 is 1.95 bits per heavy atom. The molecule has 114 valence electrons. The fourth-order valence-electron chi connectivity index (χ4n) is 2.74. The predicted molar refractivity (Wildman–Crippen MR) is 89.3 cm³/mol. The number of amides is 1. The number of ether oxygens (including phenoxy) is 1. The molecule has 1 aliphatic rings. The maximum Gasteiger partial charge on any atom is 0.234 e. The third-order valence-electron chi connectivity index (χ3n) is 3.90. The molecule has 0 fully saturated rings. The molecule has 0 spiro atoms. The molecule has 3 rings (SSSR count). The highest BCUT2D eigenvalue weighted by Gasteiger charge is 2.29. The van der Waals surface area contributed by atoms with Crippen molar-refractivity contribution in [2.24, 2.45) is 0 Å². The summed E-state index contributed by atoms with van der Waals surface area (Å²) in [7, 11) is 1.65. The van der Waals surface area contributed by atoms with E-state index in [1.54, 1.807) is 18.9 Å². The van der Waals surface area contributed by atoms with E-state index < -0.39 is 0 Å². The van der Waals surface area contributed by atoms with Crippen LogP contribution in [0.5, 0.6) is 5.75 Å². The second kappa shape index (κ2) is 6.44. The van der Waals surface area contributed by atoms with E-state index in [9.17, 15) is 4.79 Å². The number of rotatable bonds is 4. The monoisotopic (exact) mass is 313 g/mol. The largest absolute Gasteiger partial charge is 0.496 e. The maximum absolute atomic E-state index is 12.5. The van der Waals surface area contributed by atoms with E-state index in [1.807, 2.05) is 43.3 Å². The second-order valence-corrected chi connectivity index (χ2v) is 6.64. The van der Waals surface area contributed by atoms with Gasteiger partial charge in [0.2, 0.25) is 5.91 Å². The van der Waals surface area contributed by atoms with Crippen molar-refractivity contribution in [2.45, 2.75) is 29.5 Å². The summed E-state index contributed by atoms with van der Waals surface area (Å²) >= 11 is 1.65. The Kier molecular flexibility index (Phi) is 4.39. The van der Waals surface area contributed by atoms with Crippen LogP contribution in [0.3, 0.4) is 0 Å². The van der Waals surface area contributed by atoms with Gasteiger partial charge in [-0.2, -0.15) is 0 Å². The first-order chi connectivity index (χ1) is 10.7. The van der Waals surface area contributed by atoms with E-state index in [-0.39, 0.29) is 17.2 Å². The van der Waals surface area contributed by atoms with Crippen LogP contribution in [0.25, 0.3) is 0 Å². The van der Waals surface area contributed by atoms with Crippen LogP contribution in [0.15, 0.2) is 53.4 Å². The minimum Gasteiger partial charge on any atom is -0.496 e. The Labute approximate surface area is 135 Å². The molecule has 2 aromatic rings. The molecule has 22 heavy (non-hydrogen) atoms. The van der Waals surface area contributed by atoms with Gasteiger partial charge >= 0.3 is 0 Å². The fourth-order valence-corrected chi connectivity index (χ4v) is 3.94. The number of hydrogen-bond acceptors (Lipinski definition) is 3. The Morgan fingerprint density at radius 1 is 1.23 bits per heavy atom. The van der Waals surface area contributed by atoms with Crippen molar-refractivity contribution in [3.8, 4) is 5.75 Å². The highest BCUT2D eigenvalue weighted by atomic mass is 32.2. The molecule has 4 heteroatoms. The van der Waals surface area contributed by atoms with Gasteiger partial charge in [-0.3, -0.25) is 4.79 Å². The standard InChI is InChI=1S/C18H19NO2S/c1-12(14-8-4-5-9-15(14)21-2)19-18(20)17-11-13-7-3-6-10-16(13)22-17/h3-10,12,17H,11H2,1-2H3,(H,19,20). The number of carbonyl (C=O) groups is 1. The number of hydrogen-bond donors (Lipinski definition) is 1. The summed E-state index contributed by atoms with van der Waals surface area (Å²) in [5, 5.41) is 3.06. The van der Waals surface area contributed by atoms with Crippen molar-refractivity contribution in [1.82, 2.24) is 5.32 Å². The SMILES string of the molecule is COc1ccccc1C(C)NC(=O)C1Cc2ccccc2S1. The molecule has 2 unspecified atom stereocenters. The predicted octanol–water partition coefficient (Wildman–Crippen LogP) is 3.59. The maximum atomic E-state index is 12.5. The van der Waals surface area contributed by atoms with E-state index in [2.05, 4.69) is 17.4 Å². The number of nitrogens with one attached hydrogen (secondary N) is 1. The first kappa shape index (κ1) is 15.0. The van der Waals surface area contributed by atoms with Crippen molar-refractivity contribution >= 4 is 17.7 Å². The molecular formula is C18H19NO2S. The molecule has 1 amide bonds. The zero-order valence-corrected chi connectivity index (χ0v) is 13.5. The summed E-state index contributed by atoms with van der Waals surface area (Å²) < 4.78 is 5.37. The Balaban J connectivity index is 1.68. The van der Waals surface area contributed by atoms with E-state index in [4.69, 9.17) is 4.74 Å². The molecule has 3 nitrogen and oxygen atoms in total. The van der Waals surface area contributed by atoms with Crippen LogP contribution < -0.4 is 10.1 Å². The van der Waals surface area contributed by atoms with E-state index in [0.29, 0.717) is 0 Å². The lowest BCUT2D eigenvalue weighted by molar-refractivity contribution is -0.121. The van der Waals surface area contributed by atoms with Crippen molar-refractivity contribution in [1.29, 1.82) is 0 Å². The minimum atomic E-state index is -0.0760. The first-order valence-corrected chi connectivity index (χ1v) is 8.25. The number of methoxy groups -OCH3 is 1. The van der Waals surface area contributed by atoms with Gasteiger partial charge in [-0.25, -0.2) is 0 Å². The average molecular weight is 313 g/mol.